The molecule has 0 spiro atoms. The van der Waals surface area contributed by atoms with E-state index in [4.69, 9.17) is 13.9 Å². The molecular formula is C19H19N3O6S2. The molecule has 0 aliphatic carbocycles. The minimum atomic E-state index is -3.82. The van der Waals surface area contributed by atoms with Gasteiger partial charge in [0.05, 0.1) is 38.3 Å². The maximum Gasteiger partial charge on any atom is 0.260 e. The number of nitrogens with one attached hydrogen (secondary N) is 1. The maximum atomic E-state index is 13.3. The van der Waals surface area contributed by atoms with Crippen LogP contribution in [0.2, 0.25) is 0 Å². The van der Waals surface area contributed by atoms with Crippen LogP contribution in [0.1, 0.15) is 20.9 Å². The molecular weight excluding hydrogens is 430 g/mol. The molecule has 0 atom stereocenters. The summed E-state index contributed by atoms with van der Waals surface area (Å²) in [4.78, 5) is 17.5. The monoisotopic (exact) mass is 449 g/mol. The van der Waals surface area contributed by atoms with Gasteiger partial charge in [-0.05, 0) is 18.2 Å². The Labute approximate surface area is 177 Å². The lowest BCUT2D eigenvalue weighted by molar-refractivity contribution is 0.102. The molecule has 0 unspecified atom stereocenters. The van der Waals surface area contributed by atoms with Crippen LogP contribution in [0.5, 0.6) is 11.5 Å². The highest BCUT2D eigenvalue weighted by atomic mass is 32.2. The molecule has 9 nitrogen and oxygen atoms in total. The standard InChI is InChI=1S/C19H19N3O6S2/c1-26-13-3-4-15(27-2)17(9-13)30(24,25)22-7-5-14-16(10-22)29-19(20-14)21-18(23)12-6-8-28-11-12/h3-4,6,8-9,11H,5,7,10H2,1-2H3,(H,20,21,23). The fourth-order valence-corrected chi connectivity index (χ4v) is 5.80. The van der Waals surface area contributed by atoms with Gasteiger partial charge in [-0.3, -0.25) is 10.1 Å². The molecule has 1 aromatic carbocycles. The summed E-state index contributed by atoms with van der Waals surface area (Å²) >= 11 is 1.26. The number of thiazole rings is 1. The molecule has 1 N–H and O–H groups in total. The van der Waals surface area contributed by atoms with Crippen molar-refractivity contribution in [3.05, 3.63) is 52.9 Å². The molecule has 2 aromatic heterocycles. The molecule has 3 aromatic rings. The summed E-state index contributed by atoms with van der Waals surface area (Å²) < 4.78 is 43.3. The van der Waals surface area contributed by atoms with E-state index in [-0.39, 0.29) is 29.6 Å². The first-order valence-corrected chi connectivity index (χ1v) is 11.2. The highest BCUT2D eigenvalue weighted by Gasteiger charge is 2.33. The molecule has 3 heterocycles. The van der Waals surface area contributed by atoms with Crippen LogP contribution >= 0.6 is 11.3 Å². The predicted octanol–water partition coefficient (Wildman–Crippen LogP) is 2.75. The average molecular weight is 450 g/mol. The number of ether oxygens (including phenoxy) is 2. The topological polar surface area (TPSA) is 111 Å². The van der Waals surface area contributed by atoms with Crippen LogP contribution in [0.3, 0.4) is 0 Å². The number of hydrogen-bond acceptors (Lipinski definition) is 8. The molecule has 0 saturated heterocycles. The van der Waals surface area contributed by atoms with Gasteiger partial charge >= 0.3 is 0 Å². The van der Waals surface area contributed by atoms with Crippen LogP contribution in [-0.2, 0) is 23.0 Å². The number of anilines is 1. The number of carbonyl (C=O) groups excluding carboxylic acids is 1. The number of furan rings is 1. The molecule has 1 aliphatic rings. The van der Waals surface area contributed by atoms with E-state index in [1.807, 2.05) is 0 Å². The quantitative estimate of drug-likeness (QED) is 0.616. The molecule has 4 rings (SSSR count). The Balaban J connectivity index is 1.57. The van der Waals surface area contributed by atoms with Crippen LogP contribution in [0.15, 0.2) is 46.1 Å². The van der Waals surface area contributed by atoms with Gasteiger partial charge < -0.3 is 13.9 Å². The van der Waals surface area contributed by atoms with Crippen molar-refractivity contribution in [2.24, 2.45) is 0 Å². The number of aromatic nitrogens is 1. The third-order valence-corrected chi connectivity index (χ3v) is 7.55. The van der Waals surface area contributed by atoms with Gasteiger partial charge in [0.2, 0.25) is 10.0 Å². The molecule has 0 fully saturated rings. The predicted molar refractivity (Wildman–Crippen MR) is 110 cm³/mol. The van der Waals surface area contributed by atoms with Gasteiger partial charge in [0.15, 0.2) is 5.13 Å². The third-order valence-electron chi connectivity index (χ3n) is 4.69. The zero-order valence-corrected chi connectivity index (χ0v) is 17.9. The molecule has 30 heavy (non-hydrogen) atoms. The molecule has 1 aliphatic heterocycles. The van der Waals surface area contributed by atoms with E-state index < -0.39 is 10.0 Å². The van der Waals surface area contributed by atoms with E-state index in [2.05, 4.69) is 10.3 Å². The summed E-state index contributed by atoms with van der Waals surface area (Å²) in [5.41, 5.74) is 1.17. The molecule has 0 saturated carbocycles. The largest absolute Gasteiger partial charge is 0.497 e. The van der Waals surface area contributed by atoms with Gasteiger partial charge in [-0.1, -0.05) is 0 Å². The summed E-state index contributed by atoms with van der Waals surface area (Å²) in [6.45, 7) is 0.436. The second kappa shape index (κ2) is 8.09. The number of sulfonamides is 1. The van der Waals surface area contributed by atoms with Crippen molar-refractivity contribution >= 4 is 32.4 Å². The number of amides is 1. The Morgan fingerprint density at radius 2 is 2.10 bits per heavy atom. The number of rotatable bonds is 6. The van der Waals surface area contributed by atoms with Crippen LogP contribution < -0.4 is 14.8 Å². The minimum absolute atomic E-state index is 0.0470. The Hall–Kier alpha value is -2.89. The smallest absolute Gasteiger partial charge is 0.260 e. The van der Waals surface area contributed by atoms with Crippen LogP contribution in [-0.4, -0.2) is 44.4 Å². The lowest BCUT2D eigenvalue weighted by Crippen LogP contribution is -2.35. The Morgan fingerprint density at radius 1 is 1.27 bits per heavy atom. The van der Waals surface area contributed by atoms with Crippen molar-refractivity contribution < 1.29 is 27.1 Å². The zero-order valence-electron chi connectivity index (χ0n) is 16.2. The first kappa shape index (κ1) is 20.4. The second-order valence-electron chi connectivity index (χ2n) is 6.46. The summed E-state index contributed by atoms with van der Waals surface area (Å²) in [7, 11) is -0.924. The van der Waals surface area contributed by atoms with Gasteiger partial charge in [-0.15, -0.1) is 11.3 Å². The molecule has 0 radical (unpaired) electrons. The minimum Gasteiger partial charge on any atom is -0.497 e. The molecule has 0 bridgehead atoms. The zero-order chi connectivity index (χ0) is 21.3. The highest BCUT2D eigenvalue weighted by Crippen LogP contribution is 2.35. The molecule has 158 valence electrons. The van der Waals surface area contributed by atoms with E-state index in [1.54, 1.807) is 18.2 Å². The number of methoxy groups -OCH3 is 2. The lowest BCUT2D eigenvalue weighted by Gasteiger charge is -2.26. The van der Waals surface area contributed by atoms with Gasteiger partial charge in [-0.25, -0.2) is 13.4 Å². The number of fused-ring (bicyclic) bond motifs is 1. The van der Waals surface area contributed by atoms with Gasteiger partial charge in [-0.2, -0.15) is 4.31 Å². The number of nitrogens with zero attached hydrogens (tertiary/aromatic N) is 2. The SMILES string of the molecule is COc1ccc(OC)c(S(=O)(=O)N2CCc3nc(NC(=O)c4ccoc4)sc3C2)c1. The van der Waals surface area contributed by atoms with Crippen molar-refractivity contribution in [1.82, 2.24) is 9.29 Å². The van der Waals surface area contributed by atoms with E-state index in [9.17, 15) is 13.2 Å². The average Bonchev–Trinajstić information content (AvgIpc) is 3.42. The fraction of sp³-hybridized carbons (Fsp3) is 0.263. The maximum absolute atomic E-state index is 13.3. The first-order valence-electron chi connectivity index (χ1n) is 8.96. The summed E-state index contributed by atoms with van der Waals surface area (Å²) in [5.74, 6) is 0.341. The van der Waals surface area contributed by atoms with Crippen molar-refractivity contribution in [2.45, 2.75) is 17.9 Å². The van der Waals surface area contributed by atoms with E-state index >= 15 is 0 Å². The summed E-state index contributed by atoms with van der Waals surface area (Å²) in [6.07, 6.45) is 3.20. The van der Waals surface area contributed by atoms with E-state index in [1.165, 1.54) is 48.5 Å². The van der Waals surface area contributed by atoms with Gasteiger partial charge in [0.1, 0.15) is 22.7 Å². The highest BCUT2D eigenvalue weighted by molar-refractivity contribution is 7.89. The second-order valence-corrected chi connectivity index (χ2v) is 9.45. The summed E-state index contributed by atoms with van der Waals surface area (Å²) in [5, 5.41) is 3.14. The Morgan fingerprint density at radius 3 is 2.80 bits per heavy atom. The van der Waals surface area contributed by atoms with Crippen molar-refractivity contribution in [1.29, 1.82) is 0 Å². The fourth-order valence-electron chi connectivity index (χ4n) is 3.12. The van der Waals surface area contributed by atoms with Crippen molar-refractivity contribution in [2.75, 3.05) is 26.1 Å². The lowest BCUT2D eigenvalue weighted by atomic mass is 10.2. The number of carbonyl (C=O) groups is 1. The van der Waals surface area contributed by atoms with E-state index in [0.717, 1.165) is 10.6 Å². The Bertz CT molecular complexity index is 1170. The van der Waals surface area contributed by atoms with Crippen molar-refractivity contribution in [3.63, 3.8) is 0 Å². The normalized spacial score (nSPS) is 14.2. The van der Waals surface area contributed by atoms with Gasteiger partial charge in [0.25, 0.3) is 5.91 Å². The Kier molecular flexibility index (Phi) is 5.50. The van der Waals surface area contributed by atoms with Crippen LogP contribution in [0.4, 0.5) is 5.13 Å². The van der Waals surface area contributed by atoms with E-state index in [0.29, 0.717) is 22.9 Å². The first-order chi connectivity index (χ1) is 14.4. The molecule has 11 heteroatoms. The third kappa shape index (κ3) is 3.78. The summed E-state index contributed by atoms with van der Waals surface area (Å²) in [6, 6.07) is 6.22. The van der Waals surface area contributed by atoms with Gasteiger partial charge in [0, 0.05) is 23.9 Å². The van der Waals surface area contributed by atoms with Crippen LogP contribution in [0.25, 0.3) is 0 Å². The van der Waals surface area contributed by atoms with Crippen molar-refractivity contribution in [3.8, 4) is 11.5 Å². The number of benzene rings is 1. The number of hydrogen-bond donors (Lipinski definition) is 1. The molecule has 1 amide bonds. The van der Waals surface area contributed by atoms with Crippen LogP contribution in [0, 0.1) is 0 Å².